The number of hydrogen-bond donors (Lipinski definition) is 4. The average molecular weight is 789 g/mol. The predicted molar refractivity (Wildman–Crippen MR) is 218 cm³/mol. The van der Waals surface area contributed by atoms with Crippen LogP contribution in [-0.2, 0) is 19.1 Å². The molecule has 304 valence electrons. The number of ether oxygens (including phenoxy) is 2. The molecule has 2 aromatic carbocycles. The maximum Gasteiger partial charge on any atom is 0.407 e. The van der Waals surface area contributed by atoms with E-state index in [2.05, 4.69) is 63.1 Å². The zero-order valence-electron chi connectivity index (χ0n) is 34.3. The number of hydrogen-bond acceptors (Lipinski definition) is 8. The molecule has 14 heteroatoms. The number of carbonyl (C=O) groups is 4. The second-order valence-electron chi connectivity index (χ2n) is 16.0. The standard InChI is InChI=1S/C44H52N8O6/c1-25(2)37(49-43(55)57-7)41(53)51-23-27(5)19-35(51)39-45-22-32(46-39)17-15-30-11-9-29(10-12-30)13-14-31-16-18-33-34(21-31)48-40(47-33)36-20-28(6)24-52(36)42(54)38(26(3)4)50-44(56)58-8/h9-12,16,18,21-22,25-28,35-38H,19-20,23-24H2,1-8H3,(H,45,46)(H,47,48)(H,49,55)(H,50,56)/t27-,28-,35-,36-,37-,38-/m0/s1. The molecule has 0 bridgehead atoms. The zero-order chi connectivity index (χ0) is 41.7. The molecule has 2 aliphatic rings. The van der Waals surface area contributed by atoms with Gasteiger partial charge < -0.3 is 39.9 Å². The first-order valence-electron chi connectivity index (χ1n) is 19.7. The highest BCUT2D eigenvalue weighted by Crippen LogP contribution is 2.37. The summed E-state index contributed by atoms with van der Waals surface area (Å²) in [5.41, 5.74) is 4.69. The topological polar surface area (TPSA) is 175 Å². The fraction of sp³-hybridized carbons (Fsp3) is 0.455. The number of rotatable bonds is 8. The number of likely N-dealkylation sites (tertiary alicyclic amines) is 2. The summed E-state index contributed by atoms with van der Waals surface area (Å²) in [6.45, 7) is 12.9. The SMILES string of the molecule is COC(=O)N[C@H](C(=O)N1C[C@@H](C)C[C@H]1c1ncc(C#Cc2ccc(C#Cc3ccc4nc([C@@H]5C[C@H](C)CN5C(=O)[C@@H](NC(=O)OC)C(C)C)[nH]c4c3)cc2)[nH]1)C(C)C. The van der Waals surface area contributed by atoms with Crippen LogP contribution >= 0.6 is 0 Å². The number of aromatic amines is 2. The molecule has 6 rings (SSSR count). The fourth-order valence-corrected chi connectivity index (χ4v) is 7.61. The lowest BCUT2D eigenvalue weighted by molar-refractivity contribution is -0.136. The van der Waals surface area contributed by atoms with Crippen LogP contribution in [0.4, 0.5) is 9.59 Å². The molecule has 4 amide bonds. The van der Waals surface area contributed by atoms with Crippen molar-refractivity contribution in [1.29, 1.82) is 0 Å². The van der Waals surface area contributed by atoms with Gasteiger partial charge in [-0.2, -0.15) is 0 Å². The van der Waals surface area contributed by atoms with Gasteiger partial charge in [-0.15, -0.1) is 0 Å². The van der Waals surface area contributed by atoms with Crippen molar-refractivity contribution in [1.82, 2.24) is 40.4 Å². The normalized spacial score (nSPS) is 19.9. The Hall–Kier alpha value is -6.28. The summed E-state index contributed by atoms with van der Waals surface area (Å²) >= 11 is 0. The average Bonchev–Trinajstić information content (AvgIpc) is 4.02. The van der Waals surface area contributed by atoms with Gasteiger partial charge in [0.1, 0.15) is 29.4 Å². The van der Waals surface area contributed by atoms with Crippen molar-refractivity contribution in [2.75, 3.05) is 27.3 Å². The first kappa shape index (κ1) is 41.4. The number of H-pyrrole nitrogens is 2. The Morgan fingerprint density at radius 2 is 1.19 bits per heavy atom. The zero-order valence-corrected chi connectivity index (χ0v) is 34.3. The number of amides is 4. The number of fused-ring (bicyclic) bond motifs is 1. The fourth-order valence-electron chi connectivity index (χ4n) is 7.61. The van der Waals surface area contributed by atoms with Gasteiger partial charge in [-0.05, 0) is 84.9 Å². The summed E-state index contributed by atoms with van der Waals surface area (Å²) < 4.78 is 9.52. The Morgan fingerprint density at radius 1 is 0.707 bits per heavy atom. The lowest BCUT2D eigenvalue weighted by atomic mass is 10.0. The summed E-state index contributed by atoms with van der Waals surface area (Å²) in [7, 11) is 2.57. The smallest absolute Gasteiger partial charge is 0.407 e. The number of benzene rings is 2. The van der Waals surface area contributed by atoms with E-state index >= 15 is 0 Å². The van der Waals surface area contributed by atoms with E-state index in [0.717, 1.165) is 40.6 Å². The third kappa shape index (κ3) is 9.46. The molecule has 0 unspecified atom stereocenters. The van der Waals surface area contributed by atoms with Crippen molar-refractivity contribution in [2.45, 2.75) is 78.6 Å². The van der Waals surface area contributed by atoms with E-state index in [0.29, 0.717) is 30.4 Å². The number of alkyl carbamates (subject to hydrolysis) is 2. The van der Waals surface area contributed by atoms with E-state index in [1.165, 1.54) is 14.2 Å². The summed E-state index contributed by atoms with van der Waals surface area (Å²) in [6, 6.07) is 11.6. The molecule has 14 nitrogen and oxygen atoms in total. The molecule has 6 atom stereocenters. The van der Waals surface area contributed by atoms with Crippen LogP contribution < -0.4 is 10.6 Å². The van der Waals surface area contributed by atoms with Gasteiger partial charge in [-0.25, -0.2) is 19.6 Å². The van der Waals surface area contributed by atoms with Crippen LogP contribution in [0.15, 0.2) is 48.7 Å². The number of nitrogens with zero attached hydrogens (tertiary/aromatic N) is 4. The quantitative estimate of drug-likeness (QED) is 0.165. The predicted octanol–water partition coefficient (Wildman–Crippen LogP) is 5.67. The second kappa shape index (κ2) is 17.9. The Kier molecular flexibility index (Phi) is 12.8. The summed E-state index contributed by atoms with van der Waals surface area (Å²) in [5, 5.41) is 5.39. The summed E-state index contributed by atoms with van der Waals surface area (Å²) in [6.07, 6.45) is 1.90. The van der Waals surface area contributed by atoms with E-state index in [1.54, 1.807) is 11.1 Å². The van der Waals surface area contributed by atoms with Gasteiger partial charge in [0.15, 0.2) is 0 Å². The number of imidazole rings is 2. The lowest BCUT2D eigenvalue weighted by Crippen LogP contribution is -2.51. The van der Waals surface area contributed by atoms with E-state index < -0.39 is 24.3 Å². The minimum atomic E-state index is -0.712. The van der Waals surface area contributed by atoms with Gasteiger partial charge in [-0.3, -0.25) is 9.59 Å². The first-order valence-corrected chi connectivity index (χ1v) is 19.7. The van der Waals surface area contributed by atoms with E-state index in [-0.39, 0.29) is 47.6 Å². The van der Waals surface area contributed by atoms with Crippen LogP contribution in [0.1, 0.15) is 101 Å². The van der Waals surface area contributed by atoms with Crippen LogP contribution in [0.2, 0.25) is 0 Å². The Morgan fingerprint density at radius 3 is 1.71 bits per heavy atom. The molecule has 4 aromatic rings. The van der Waals surface area contributed by atoms with Crippen molar-refractivity contribution in [3.05, 3.63) is 82.7 Å². The Bertz CT molecular complexity index is 2270. The first-order chi connectivity index (χ1) is 27.7. The van der Waals surface area contributed by atoms with Crippen molar-refractivity contribution < 1.29 is 28.7 Å². The highest BCUT2D eigenvalue weighted by atomic mass is 16.5. The third-order valence-corrected chi connectivity index (χ3v) is 10.7. The molecular weight excluding hydrogens is 737 g/mol. The monoisotopic (exact) mass is 788 g/mol. The molecular formula is C44H52N8O6. The maximum atomic E-state index is 13.7. The molecule has 2 aromatic heterocycles. The second-order valence-corrected chi connectivity index (χ2v) is 16.0. The molecule has 0 aliphatic carbocycles. The van der Waals surface area contributed by atoms with E-state index in [4.69, 9.17) is 14.5 Å². The van der Waals surface area contributed by atoms with Gasteiger partial charge in [0, 0.05) is 29.8 Å². The largest absolute Gasteiger partial charge is 0.453 e. The molecule has 58 heavy (non-hydrogen) atoms. The number of methoxy groups -OCH3 is 2. The van der Waals surface area contributed by atoms with Gasteiger partial charge >= 0.3 is 12.2 Å². The Balaban J connectivity index is 1.11. The van der Waals surface area contributed by atoms with E-state index in [9.17, 15) is 19.2 Å². The molecule has 4 heterocycles. The van der Waals surface area contributed by atoms with Crippen molar-refractivity contribution >= 4 is 35.0 Å². The number of carbonyl (C=O) groups excluding carboxylic acids is 4. The number of nitrogens with one attached hydrogen (secondary N) is 4. The van der Waals surface area contributed by atoms with E-state index in [1.807, 2.05) is 75.1 Å². The minimum absolute atomic E-state index is 0.123. The van der Waals surface area contributed by atoms with Crippen molar-refractivity contribution in [2.24, 2.45) is 23.7 Å². The van der Waals surface area contributed by atoms with Crippen LogP contribution in [0.5, 0.6) is 0 Å². The van der Waals surface area contributed by atoms with Gasteiger partial charge in [0.2, 0.25) is 11.8 Å². The highest BCUT2D eigenvalue weighted by Gasteiger charge is 2.41. The summed E-state index contributed by atoms with van der Waals surface area (Å²) in [4.78, 5) is 71.0. The summed E-state index contributed by atoms with van der Waals surface area (Å²) in [5.74, 6) is 14.1. The van der Waals surface area contributed by atoms with Gasteiger partial charge in [0.25, 0.3) is 0 Å². The maximum absolute atomic E-state index is 13.7. The number of aromatic nitrogens is 4. The van der Waals surface area contributed by atoms with Crippen LogP contribution in [0.3, 0.4) is 0 Å². The van der Waals surface area contributed by atoms with Gasteiger partial charge in [0.05, 0.1) is 43.5 Å². The third-order valence-electron chi connectivity index (χ3n) is 10.7. The lowest BCUT2D eigenvalue weighted by Gasteiger charge is -2.30. The molecule has 2 aliphatic heterocycles. The van der Waals surface area contributed by atoms with Crippen LogP contribution in [0, 0.1) is 47.4 Å². The van der Waals surface area contributed by atoms with Gasteiger partial charge in [-0.1, -0.05) is 59.3 Å². The molecule has 4 N–H and O–H groups in total. The molecule has 2 saturated heterocycles. The minimum Gasteiger partial charge on any atom is -0.453 e. The van der Waals surface area contributed by atoms with Crippen LogP contribution in [-0.4, -0.2) is 93.1 Å². The molecule has 0 radical (unpaired) electrons. The highest BCUT2D eigenvalue weighted by molar-refractivity contribution is 5.87. The van der Waals surface area contributed by atoms with Crippen LogP contribution in [0.25, 0.3) is 11.0 Å². The molecule has 0 spiro atoms. The van der Waals surface area contributed by atoms with Crippen molar-refractivity contribution in [3.63, 3.8) is 0 Å². The molecule has 0 saturated carbocycles. The Labute approximate surface area is 339 Å². The molecule has 2 fully saturated rings. The van der Waals surface area contributed by atoms with Crippen molar-refractivity contribution in [3.8, 4) is 23.7 Å².